The van der Waals surface area contributed by atoms with Gasteiger partial charge in [-0.1, -0.05) is 12.1 Å². The third kappa shape index (κ3) is 3.75. The van der Waals surface area contributed by atoms with Gasteiger partial charge in [0.2, 0.25) is 0 Å². The SMILES string of the molecule is COC(=O)[C@H](C)N[C@@H](C)c1ccc(I)cc1. The molecule has 0 aromatic heterocycles. The van der Waals surface area contributed by atoms with Gasteiger partial charge in [0.1, 0.15) is 6.04 Å². The molecule has 16 heavy (non-hydrogen) atoms. The number of methoxy groups -OCH3 is 1. The third-order valence-electron chi connectivity index (χ3n) is 2.42. The highest BCUT2D eigenvalue weighted by Gasteiger charge is 2.16. The molecule has 0 saturated carbocycles. The highest BCUT2D eigenvalue weighted by atomic mass is 127. The van der Waals surface area contributed by atoms with Gasteiger partial charge in [-0.05, 0) is 54.1 Å². The standard InChI is InChI=1S/C12H16INO2/c1-8(14-9(2)12(15)16-3)10-4-6-11(13)7-5-10/h4-9,14H,1-3H3/t8-,9-/m0/s1. The van der Waals surface area contributed by atoms with Crippen LogP contribution in [0, 0.1) is 3.57 Å². The van der Waals surface area contributed by atoms with E-state index in [0.717, 1.165) is 5.56 Å². The molecule has 0 radical (unpaired) electrons. The van der Waals surface area contributed by atoms with Crippen molar-refractivity contribution in [3.8, 4) is 0 Å². The van der Waals surface area contributed by atoms with E-state index >= 15 is 0 Å². The lowest BCUT2D eigenvalue weighted by molar-refractivity contribution is -0.142. The zero-order valence-corrected chi connectivity index (χ0v) is 11.8. The van der Waals surface area contributed by atoms with Gasteiger partial charge in [0.05, 0.1) is 7.11 Å². The van der Waals surface area contributed by atoms with E-state index in [1.165, 1.54) is 10.7 Å². The van der Waals surface area contributed by atoms with Crippen molar-refractivity contribution in [3.05, 3.63) is 33.4 Å². The molecule has 1 aromatic carbocycles. The molecular weight excluding hydrogens is 317 g/mol. The summed E-state index contributed by atoms with van der Waals surface area (Å²) in [5, 5.41) is 3.19. The smallest absolute Gasteiger partial charge is 0.322 e. The highest BCUT2D eigenvalue weighted by Crippen LogP contribution is 2.15. The predicted octanol–water partition coefficient (Wildman–Crippen LogP) is 2.50. The van der Waals surface area contributed by atoms with Crippen LogP contribution in [0.3, 0.4) is 0 Å². The van der Waals surface area contributed by atoms with Crippen LogP contribution in [0.1, 0.15) is 25.5 Å². The summed E-state index contributed by atoms with van der Waals surface area (Å²) in [6, 6.07) is 8.06. The first-order valence-electron chi connectivity index (χ1n) is 5.14. The Balaban J connectivity index is 2.61. The normalized spacial score (nSPS) is 14.2. The van der Waals surface area contributed by atoms with E-state index in [1.54, 1.807) is 6.92 Å². The molecule has 2 atom stereocenters. The minimum atomic E-state index is -0.292. The molecule has 1 N–H and O–H groups in total. The van der Waals surface area contributed by atoms with Gasteiger partial charge in [-0.25, -0.2) is 0 Å². The van der Waals surface area contributed by atoms with Crippen molar-refractivity contribution in [1.82, 2.24) is 5.32 Å². The number of carbonyl (C=O) groups is 1. The first-order chi connectivity index (χ1) is 7.54. The van der Waals surface area contributed by atoms with Crippen LogP contribution in [-0.4, -0.2) is 19.1 Å². The van der Waals surface area contributed by atoms with Crippen molar-refractivity contribution in [2.24, 2.45) is 0 Å². The average Bonchev–Trinajstić information content (AvgIpc) is 2.28. The summed E-state index contributed by atoms with van der Waals surface area (Å²) >= 11 is 2.27. The van der Waals surface area contributed by atoms with E-state index in [9.17, 15) is 4.79 Å². The molecule has 0 bridgehead atoms. The van der Waals surface area contributed by atoms with Crippen LogP contribution in [0.5, 0.6) is 0 Å². The summed E-state index contributed by atoms with van der Waals surface area (Å²) in [6.45, 7) is 3.83. The molecule has 0 saturated heterocycles. The average molecular weight is 333 g/mol. The van der Waals surface area contributed by atoms with Crippen LogP contribution < -0.4 is 5.32 Å². The summed E-state index contributed by atoms with van der Waals surface area (Å²) in [5.41, 5.74) is 1.16. The monoisotopic (exact) mass is 333 g/mol. The van der Waals surface area contributed by atoms with Gasteiger partial charge in [0.15, 0.2) is 0 Å². The first kappa shape index (κ1) is 13.4. The molecule has 0 aliphatic rings. The molecule has 0 spiro atoms. The highest BCUT2D eigenvalue weighted by molar-refractivity contribution is 14.1. The molecule has 88 valence electrons. The van der Waals surface area contributed by atoms with E-state index in [-0.39, 0.29) is 18.1 Å². The van der Waals surface area contributed by atoms with E-state index in [1.807, 2.05) is 6.92 Å². The fraction of sp³-hybridized carbons (Fsp3) is 0.417. The molecule has 1 rings (SSSR count). The molecule has 0 aliphatic carbocycles. The Hall–Kier alpha value is -0.620. The van der Waals surface area contributed by atoms with Crippen LogP contribution in [-0.2, 0) is 9.53 Å². The maximum Gasteiger partial charge on any atom is 0.322 e. The number of ether oxygens (including phenoxy) is 1. The lowest BCUT2D eigenvalue weighted by atomic mass is 10.1. The van der Waals surface area contributed by atoms with Crippen LogP contribution in [0.15, 0.2) is 24.3 Å². The van der Waals surface area contributed by atoms with E-state index in [4.69, 9.17) is 0 Å². The topological polar surface area (TPSA) is 38.3 Å². The quantitative estimate of drug-likeness (QED) is 0.680. The van der Waals surface area contributed by atoms with Crippen molar-refractivity contribution in [2.45, 2.75) is 25.9 Å². The summed E-state index contributed by atoms with van der Waals surface area (Å²) in [5.74, 6) is -0.239. The second kappa shape index (κ2) is 6.20. The Morgan fingerprint density at radius 2 is 1.88 bits per heavy atom. The maximum atomic E-state index is 11.2. The number of halogens is 1. The number of hydrogen-bond acceptors (Lipinski definition) is 3. The Morgan fingerprint density at radius 3 is 2.38 bits per heavy atom. The van der Waals surface area contributed by atoms with Gasteiger partial charge in [-0.15, -0.1) is 0 Å². The summed E-state index contributed by atoms with van der Waals surface area (Å²) < 4.78 is 5.87. The van der Waals surface area contributed by atoms with Gasteiger partial charge in [0, 0.05) is 9.61 Å². The van der Waals surface area contributed by atoms with E-state index in [0.29, 0.717) is 0 Å². The van der Waals surface area contributed by atoms with Crippen molar-refractivity contribution in [3.63, 3.8) is 0 Å². The molecule has 0 aliphatic heterocycles. The fourth-order valence-electron chi connectivity index (χ4n) is 1.47. The maximum absolute atomic E-state index is 11.2. The number of rotatable bonds is 4. The molecule has 0 fully saturated rings. The van der Waals surface area contributed by atoms with Crippen molar-refractivity contribution >= 4 is 28.6 Å². The van der Waals surface area contributed by atoms with Crippen LogP contribution in [0.25, 0.3) is 0 Å². The summed E-state index contributed by atoms with van der Waals surface area (Å²) in [7, 11) is 1.40. The van der Waals surface area contributed by atoms with Crippen LogP contribution in [0.4, 0.5) is 0 Å². The Morgan fingerprint density at radius 1 is 1.31 bits per heavy atom. The van der Waals surface area contributed by atoms with Gasteiger partial charge in [0.25, 0.3) is 0 Å². The molecule has 0 unspecified atom stereocenters. The van der Waals surface area contributed by atoms with Crippen LogP contribution >= 0.6 is 22.6 Å². The first-order valence-corrected chi connectivity index (χ1v) is 6.21. The molecule has 0 heterocycles. The number of benzene rings is 1. The Kier molecular flexibility index (Phi) is 5.21. The van der Waals surface area contributed by atoms with E-state index in [2.05, 4.69) is 56.9 Å². The van der Waals surface area contributed by atoms with Gasteiger partial charge in [-0.3, -0.25) is 10.1 Å². The number of carbonyl (C=O) groups excluding carboxylic acids is 1. The third-order valence-corrected chi connectivity index (χ3v) is 3.14. The Labute approximate surface area is 110 Å². The minimum Gasteiger partial charge on any atom is -0.468 e. The Bertz CT molecular complexity index is 351. The zero-order valence-electron chi connectivity index (χ0n) is 9.66. The number of nitrogens with one attached hydrogen (secondary N) is 1. The lowest BCUT2D eigenvalue weighted by Gasteiger charge is -2.18. The van der Waals surface area contributed by atoms with Crippen molar-refractivity contribution < 1.29 is 9.53 Å². The summed E-state index contributed by atoms with van der Waals surface area (Å²) in [6.07, 6.45) is 0. The molecule has 4 heteroatoms. The van der Waals surface area contributed by atoms with Crippen molar-refractivity contribution in [1.29, 1.82) is 0 Å². The number of esters is 1. The predicted molar refractivity (Wildman–Crippen MR) is 72.2 cm³/mol. The van der Waals surface area contributed by atoms with Crippen LogP contribution in [0.2, 0.25) is 0 Å². The fourth-order valence-corrected chi connectivity index (χ4v) is 1.83. The molecule has 0 amide bonds. The molecule has 1 aromatic rings. The second-order valence-corrected chi connectivity index (χ2v) is 4.93. The largest absolute Gasteiger partial charge is 0.468 e. The number of hydrogen-bond donors (Lipinski definition) is 1. The molecular formula is C12H16INO2. The summed E-state index contributed by atoms with van der Waals surface area (Å²) in [4.78, 5) is 11.2. The second-order valence-electron chi connectivity index (χ2n) is 3.68. The minimum absolute atomic E-state index is 0.131. The zero-order chi connectivity index (χ0) is 12.1. The lowest BCUT2D eigenvalue weighted by Crippen LogP contribution is -2.36. The van der Waals surface area contributed by atoms with Gasteiger partial charge >= 0.3 is 5.97 Å². The molecule has 3 nitrogen and oxygen atoms in total. The van der Waals surface area contributed by atoms with Crippen molar-refractivity contribution in [2.75, 3.05) is 7.11 Å². The van der Waals surface area contributed by atoms with E-state index < -0.39 is 0 Å². The van der Waals surface area contributed by atoms with Gasteiger partial charge < -0.3 is 4.74 Å². The van der Waals surface area contributed by atoms with Gasteiger partial charge in [-0.2, -0.15) is 0 Å².